The molecule has 0 aliphatic rings. The van der Waals surface area contributed by atoms with E-state index in [1.807, 2.05) is 122 Å². The molecule has 0 fully saturated rings. The van der Waals surface area contributed by atoms with Gasteiger partial charge < -0.3 is 34.8 Å². The van der Waals surface area contributed by atoms with Crippen LogP contribution in [-0.2, 0) is 51.3 Å². The number of fused-ring (bicyclic) bond motifs is 1. The number of carbonyl (C=O) groups is 7. The number of carboxylic acid groups (broad SMARTS) is 1. The second kappa shape index (κ2) is 29.1. The van der Waals surface area contributed by atoms with Gasteiger partial charge in [0.2, 0.25) is 17.7 Å². The number of carboxylic acids is 1. The molecular weight excluding hydrogens is 924 g/mol. The monoisotopic (exact) mass is 1000 g/mol. The molecule has 1 heterocycles. The van der Waals surface area contributed by atoms with Crippen LogP contribution in [0.5, 0.6) is 0 Å². The summed E-state index contributed by atoms with van der Waals surface area (Å²) in [5.41, 5.74) is 9.14. The fraction of sp³-hybridized carbons (Fsp3) is 0.600. The topological polar surface area (TPSA) is 213 Å². The second-order valence-electron chi connectivity index (χ2n) is 20.9. The van der Waals surface area contributed by atoms with Crippen LogP contribution in [0.3, 0.4) is 0 Å². The quantitative estimate of drug-likeness (QED) is 0.0634. The maximum absolute atomic E-state index is 15.2. The van der Waals surface area contributed by atoms with Crippen LogP contribution in [0.4, 0.5) is 0 Å². The number of likely N-dealkylation sites (N-methyl/N-ethyl adjacent to an activating group) is 3. The van der Waals surface area contributed by atoms with E-state index in [0.717, 1.165) is 26.9 Å². The van der Waals surface area contributed by atoms with E-state index < -0.39 is 71.6 Å². The number of hydrogen-bond donors (Lipinski definition) is 2. The van der Waals surface area contributed by atoms with Gasteiger partial charge >= 0.3 is 11.9 Å². The third kappa shape index (κ3) is 18.2. The fourth-order valence-electron chi connectivity index (χ4n) is 9.23. The number of hydrogen-bond acceptors (Lipinski definition) is 10. The first kappa shape index (κ1) is 61.5. The van der Waals surface area contributed by atoms with Crippen LogP contribution in [-0.4, -0.2) is 117 Å². The summed E-state index contributed by atoms with van der Waals surface area (Å²) in [5, 5.41) is 19.5. The zero-order valence-corrected chi connectivity index (χ0v) is 44.9. The minimum absolute atomic E-state index is 0. The molecular formula is C55H81ClN6O9. The van der Waals surface area contributed by atoms with E-state index in [0.29, 0.717) is 25.8 Å². The fourth-order valence-corrected chi connectivity index (χ4v) is 9.23. The average Bonchev–Trinajstić information content (AvgIpc) is 3.64. The number of benzene rings is 2. The van der Waals surface area contributed by atoms with Crippen molar-refractivity contribution in [3.63, 3.8) is 0 Å². The number of nitrogens with zero attached hydrogens (tertiary/aromatic N) is 5. The number of aromatic nitrogens is 1. The maximum Gasteiger partial charge on any atom is 0.345 e. The summed E-state index contributed by atoms with van der Waals surface area (Å²) >= 11 is 0. The Bertz CT molecular complexity index is 2290. The first-order chi connectivity index (χ1) is 32.9. The summed E-state index contributed by atoms with van der Waals surface area (Å²) in [6.07, 6.45) is 1.09. The Kier molecular flexibility index (Phi) is 25.2. The lowest BCUT2D eigenvalue weighted by molar-refractivity contribution is -0.169. The van der Waals surface area contributed by atoms with Crippen LogP contribution in [0.2, 0.25) is 0 Å². The molecule has 71 heavy (non-hydrogen) atoms. The SMILES string of the molecule is CC(C)C[C@H](CC(=O)[C@H](Cc1cn(Cc2ccccc2)c2ccccc12)N(C)C(=O)[C@@H](CC(=O)[C@H](CC(C)C)N(C)C(=O)[C@@H](N)CC(C)C)CC(C)C)C(=O)N(C)[C@@H](C)C(=O)O[C@H](CCC#N)C(=O)O.Cl. The van der Waals surface area contributed by atoms with E-state index >= 15 is 9.59 Å². The summed E-state index contributed by atoms with van der Waals surface area (Å²) in [6, 6.07) is 15.7. The minimum Gasteiger partial charge on any atom is -0.479 e. The Balaban J connectivity index is 0.0000173. The largest absolute Gasteiger partial charge is 0.479 e. The molecule has 1 aromatic heterocycles. The predicted molar refractivity (Wildman–Crippen MR) is 278 cm³/mol. The van der Waals surface area contributed by atoms with Crippen molar-refractivity contribution in [2.75, 3.05) is 21.1 Å². The maximum atomic E-state index is 15.2. The number of halogens is 1. The Morgan fingerprint density at radius 3 is 1.69 bits per heavy atom. The molecule has 7 atom stereocenters. The van der Waals surface area contributed by atoms with Crippen molar-refractivity contribution in [1.82, 2.24) is 19.3 Å². The van der Waals surface area contributed by atoms with Crippen LogP contribution >= 0.6 is 12.4 Å². The molecule has 0 unspecified atom stereocenters. The van der Waals surface area contributed by atoms with Gasteiger partial charge in [-0.15, -0.1) is 12.4 Å². The molecule has 0 aliphatic heterocycles. The van der Waals surface area contributed by atoms with E-state index in [-0.39, 0.29) is 86.3 Å². The van der Waals surface area contributed by atoms with Crippen molar-refractivity contribution in [1.29, 1.82) is 5.26 Å². The van der Waals surface area contributed by atoms with E-state index in [1.54, 1.807) is 14.1 Å². The van der Waals surface area contributed by atoms with Gasteiger partial charge in [-0.05, 0) is 73.5 Å². The summed E-state index contributed by atoms with van der Waals surface area (Å²) in [5.74, 6) is -5.98. The third-order valence-corrected chi connectivity index (χ3v) is 13.0. The number of carbonyl (C=O) groups excluding carboxylic acids is 6. The molecule has 0 spiro atoms. The van der Waals surface area contributed by atoms with Gasteiger partial charge in [0, 0.05) is 88.7 Å². The van der Waals surface area contributed by atoms with Gasteiger partial charge in [-0.1, -0.05) is 104 Å². The van der Waals surface area contributed by atoms with Crippen LogP contribution < -0.4 is 5.73 Å². The van der Waals surface area contributed by atoms with E-state index in [4.69, 9.17) is 15.7 Å². The number of rotatable bonds is 29. The number of ketones is 2. The highest BCUT2D eigenvalue weighted by Crippen LogP contribution is 2.30. The number of aliphatic carboxylic acids is 1. The van der Waals surface area contributed by atoms with E-state index in [2.05, 4.69) is 4.57 Å². The Labute approximate surface area is 428 Å². The van der Waals surface area contributed by atoms with Gasteiger partial charge in [0.1, 0.15) is 6.04 Å². The standard InChI is InChI=1S/C55H80N6O9.ClH/c1-34(2)25-40(51(64)58(10)38(9)55(69)70-50(54(67)68)23-18-24-56)30-49(63)47(29-42-33-61(32-39-19-14-13-15-20-39)45-22-17-16-21-43(42)45)59(11)52(65)41(26-35(3)4)31-48(62)46(28-37(7)8)60(12)53(66)44(57)27-36(5)6;/h13-17,19-22,33-38,40-41,44,46-47,50H,18,23,25-32,57H2,1-12H3,(H,67,68);1H/t38-,40+,41+,44-,46-,47-,50+;/m0./s1. The Morgan fingerprint density at radius 1 is 0.676 bits per heavy atom. The number of nitriles is 1. The van der Waals surface area contributed by atoms with Crippen molar-refractivity contribution in [3.05, 3.63) is 71.9 Å². The zero-order chi connectivity index (χ0) is 52.6. The molecule has 0 bridgehead atoms. The van der Waals surface area contributed by atoms with Crippen LogP contribution in [0.25, 0.3) is 10.9 Å². The van der Waals surface area contributed by atoms with Crippen molar-refractivity contribution < 1.29 is 43.4 Å². The second-order valence-corrected chi connectivity index (χ2v) is 20.9. The molecule has 16 heteroatoms. The minimum atomic E-state index is -1.58. The van der Waals surface area contributed by atoms with E-state index in [1.165, 1.54) is 23.8 Å². The van der Waals surface area contributed by atoms with Crippen LogP contribution in [0, 0.1) is 46.8 Å². The van der Waals surface area contributed by atoms with Crippen LogP contribution in [0.15, 0.2) is 60.8 Å². The van der Waals surface area contributed by atoms with Gasteiger partial charge in [-0.25, -0.2) is 9.59 Å². The summed E-state index contributed by atoms with van der Waals surface area (Å²) in [4.78, 5) is 102. The molecule has 3 amide bonds. The van der Waals surface area contributed by atoms with Gasteiger partial charge in [0.25, 0.3) is 0 Å². The molecule has 0 saturated heterocycles. The third-order valence-electron chi connectivity index (χ3n) is 13.0. The first-order valence-electron chi connectivity index (χ1n) is 24.9. The van der Waals surface area contributed by atoms with Gasteiger partial charge in [-0.3, -0.25) is 24.0 Å². The molecule has 0 radical (unpaired) electrons. The summed E-state index contributed by atoms with van der Waals surface area (Å²) in [6.45, 7) is 17.6. The summed E-state index contributed by atoms with van der Waals surface area (Å²) < 4.78 is 7.35. The molecule has 0 saturated carbocycles. The normalized spacial score (nSPS) is 14.4. The van der Waals surface area contributed by atoms with Crippen molar-refractivity contribution in [2.24, 2.45) is 41.2 Å². The molecule has 0 aliphatic carbocycles. The first-order valence-corrected chi connectivity index (χ1v) is 24.9. The average molecular weight is 1010 g/mol. The Hall–Kier alpha value is -5.59. The van der Waals surface area contributed by atoms with E-state index in [9.17, 15) is 29.1 Å². The smallest absolute Gasteiger partial charge is 0.345 e. The molecule has 392 valence electrons. The predicted octanol–water partition coefficient (Wildman–Crippen LogP) is 8.12. The highest BCUT2D eigenvalue weighted by Gasteiger charge is 2.39. The Morgan fingerprint density at radius 2 is 1.17 bits per heavy atom. The number of nitrogens with two attached hydrogens (primary N) is 1. The lowest BCUT2D eigenvalue weighted by atomic mass is 9.85. The molecule has 2 aromatic carbocycles. The molecule has 15 nitrogen and oxygen atoms in total. The number of para-hydroxylation sites is 1. The summed E-state index contributed by atoms with van der Waals surface area (Å²) in [7, 11) is 4.57. The lowest BCUT2D eigenvalue weighted by Crippen LogP contribution is -2.51. The number of amides is 3. The lowest BCUT2D eigenvalue weighted by Gasteiger charge is -2.34. The zero-order valence-electron chi connectivity index (χ0n) is 44.1. The van der Waals surface area contributed by atoms with Crippen LogP contribution in [0.1, 0.15) is 125 Å². The molecule has 3 aromatic rings. The number of esters is 1. The van der Waals surface area contributed by atoms with Crippen molar-refractivity contribution in [3.8, 4) is 6.07 Å². The van der Waals surface area contributed by atoms with Crippen molar-refractivity contribution in [2.45, 2.75) is 157 Å². The van der Waals surface area contributed by atoms with Gasteiger partial charge in [0.05, 0.1) is 24.2 Å². The van der Waals surface area contributed by atoms with Gasteiger partial charge in [0.15, 0.2) is 17.7 Å². The highest BCUT2D eigenvalue weighted by molar-refractivity contribution is 5.97. The highest BCUT2D eigenvalue weighted by atomic mass is 35.5. The number of ether oxygens (including phenoxy) is 1. The molecule has 3 N–H and O–H groups in total. The number of Topliss-reactive ketones (excluding diaryl/α,β-unsaturated/α-hetero) is 2. The van der Waals surface area contributed by atoms with Crippen molar-refractivity contribution >= 4 is 64.5 Å². The van der Waals surface area contributed by atoms with Gasteiger partial charge in [-0.2, -0.15) is 5.26 Å². The molecule has 3 rings (SSSR count).